The zero-order valence-electron chi connectivity index (χ0n) is 28.9. The summed E-state index contributed by atoms with van der Waals surface area (Å²) in [6.07, 6.45) is 1.07. The van der Waals surface area contributed by atoms with Crippen molar-refractivity contribution in [1.29, 1.82) is 0 Å². The van der Waals surface area contributed by atoms with Crippen molar-refractivity contribution in [2.75, 3.05) is 0 Å². The van der Waals surface area contributed by atoms with Gasteiger partial charge in [0.1, 0.15) is 11.2 Å². The molecule has 0 amide bonds. The molecule has 3 nitrogen and oxygen atoms in total. The zero-order valence-corrected chi connectivity index (χ0v) is 28.9. The minimum atomic E-state index is 0.114. The molecule has 0 bridgehead atoms. The molecule has 5 atom stereocenters. The van der Waals surface area contributed by atoms with Gasteiger partial charge in [0.2, 0.25) is 0 Å². The zero-order chi connectivity index (χ0) is 34.1. The van der Waals surface area contributed by atoms with Gasteiger partial charge in [-0.1, -0.05) is 141 Å². The highest BCUT2D eigenvalue weighted by atomic mass is 16.3. The van der Waals surface area contributed by atoms with E-state index < -0.39 is 0 Å². The number of aromatic nitrogens is 1. The van der Waals surface area contributed by atoms with Gasteiger partial charge in [-0.05, 0) is 81.5 Å². The maximum Gasteiger partial charge on any atom is 0.135 e. The van der Waals surface area contributed by atoms with E-state index >= 15 is 0 Å². The first-order valence-corrected chi connectivity index (χ1v) is 18.4. The Morgan fingerprint density at radius 1 is 0.569 bits per heavy atom. The highest BCUT2D eigenvalue weighted by Gasteiger charge is 2.38. The monoisotopic (exact) mass is 660 g/mol. The van der Waals surface area contributed by atoms with E-state index in [0.29, 0.717) is 17.8 Å². The van der Waals surface area contributed by atoms with Gasteiger partial charge in [-0.3, -0.25) is 0 Å². The highest BCUT2D eigenvalue weighted by molar-refractivity contribution is 6.14. The Morgan fingerprint density at radius 3 is 2.20 bits per heavy atom. The Bertz CT molecular complexity index is 2720. The SMILES string of the molecule is CC1CC(c2ccc(-c3ccc4ccccc4c3)c3[nH]c4ccccc4c23)C(C)C(c2ccc3c(c2)oc2ccccc23)NC1c1ccccc1. The fourth-order valence-corrected chi connectivity index (χ4v) is 9.21. The van der Waals surface area contributed by atoms with Crippen LogP contribution in [0, 0.1) is 11.8 Å². The summed E-state index contributed by atoms with van der Waals surface area (Å²) >= 11 is 0. The van der Waals surface area contributed by atoms with Gasteiger partial charge in [-0.25, -0.2) is 0 Å². The van der Waals surface area contributed by atoms with Crippen LogP contribution >= 0.6 is 0 Å². The van der Waals surface area contributed by atoms with Crippen LogP contribution in [-0.2, 0) is 0 Å². The quantitative estimate of drug-likeness (QED) is 0.197. The summed E-state index contributed by atoms with van der Waals surface area (Å²) in [5.41, 5.74) is 10.8. The molecule has 5 unspecified atom stereocenters. The molecular formula is C48H40N2O. The standard InChI is InChI=1S/C48H40N2O/c1-29-26-41(39-25-24-36(34-21-20-31-12-6-7-15-33(31)27-34)48-45(39)40-17-8-10-18-42(40)49-48)30(2)47(50-46(29)32-13-4-3-5-14-32)35-22-23-38-37-16-9-11-19-43(37)51-44(38)28-35/h3-25,27-30,41,46-47,49-50H,26H2,1-2H3. The molecule has 7 aromatic carbocycles. The molecule has 10 rings (SSSR count). The lowest BCUT2D eigenvalue weighted by Crippen LogP contribution is -2.31. The lowest BCUT2D eigenvalue weighted by molar-refractivity contribution is 0.340. The number of benzene rings is 7. The van der Waals surface area contributed by atoms with Crippen LogP contribution in [0.4, 0.5) is 0 Å². The van der Waals surface area contributed by atoms with Gasteiger partial charge in [0.05, 0.1) is 5.52 Å². The lowest BCUT2D eigenvalue weighted by atomic mass is 9.75. The number of para-hydroxylation sites is 2. The molecule has 2 aromatic heterocycles. The second-order valence-corrected chi connectivity index (χ2v) is 14.7. The summed E-state index contributed by atoms with van der Waals surface area (Å²) in [5.74, 6) is 1.01. The Kier molecular flexibility index (Phi) is 7.11. The van der Waals surface area contributed by atoms with Crippen LogP contribution in [0.3, 0.4) is 0 Å². The average Bonchev–Trinajstić information content (AvgIpc) is 3.72. The Morgan fingerprint density at radius 2 is 1.31 bits per heavy atom. The van der Waals surface area contributed by atoms with Crippen molar-refractivity contribution in [2.24, 2.45) is 11.8 Å². The van der Waals surface area contributed by atoms with Crippen molar-refractivity contribution in [3.63, 3.8) is 0 Å². The second-order valence-electron chi connectivity index (χ2n) is 14.7. The molecule has 0 radical (unpaired) electrons. The van der Waals surface area contributed by atoms with E-state index in [2.05, 4.69) is 170 Å². The number of fused-ring (bicyclic) bond motifs is 7. The van der Waals surface area contributed by atoms with Gasteiger partial charge >= 0.3 is 0 Å². The minimum Gasteiger partial charge on any atom is -0.456 e. The van der Waals surface area contributed by atoms with Crippen LogP contribution in [0.2, 0.25) is 0 Å². The van der Waals surface area contributed by atoms with Crippen molar-refractivity contribution in [3.05, 3.63) is 168 Å². The number of nitrogens with one attached hydrogen (secondary N) is 2. The van der Waals surface area contributed by atoms with Crippen LogP contribution in [0.5, 0.6) is 0 Å². The van der Waals surface area contributed by atoms with Crippen LogP contribution in [-0.4, -0.2) is 4.98 Å². The summed E-state index contributed by atoms with van der Waals surface area (Å²) in [4.78, 5) is 3.90. The molecule has 3 heteroatoms. The molecule has 1 aliphatic rings. The molecule has 1 aliphatic heterocycles. The summed E-state index contributed by atoms with van der Waals surface area (Å²) in [7, 11) is 0. The predicted molar refractivity (Wildman–Crippen MR) is 213 cm³/mol. The molecule has 2 N–H and O–H groups in total. The molecule has 0 saturated carbocycles. The molecule has 1 saturated heterocycles. The Labute approximate surface area is 297 Å². The Hall–Kier alpha value is -5.64. The van der Waals surface area contributed by atoms with Crippen LogP contribution in [0.15, 0.2) is 156 Å². The fourth-order valence-electron chi connectivity index (χ4n) is 9.21. The normalized spacial score (nSPS) is 21.2. The van der Waals surface area contributed by atoms with Gasteiger partial charge in [0.25, 0.3) is 0 Å². The maximum absolute atomic E-state index is 6.44. The molecular weight excluding hydrogens is 621 g/mol. The molecule has 248 valence electrons. The van der Waals surface area contributed by atoms with E-state index in [1.54, 1.807) is 0 Å². The summed E-state index contributed by atoms with van der Waals surface area (Å²) < 4.78 is 6.44. The van der Waals surface area contributed by atoms with Crippen molar-refractivity contribution in [3.8, 4) is 11.1 Å². The first kappa shape index (κ1) is 30.2. The smallest absolute Gasteiger partial charge is 0.135 e. The summed E-state index contributed by atoms with van der Waals surface area (Å²) in [5, 5.41) is 11.7. The molecule has 9 aromatic rings. The van der Waals surface area contributed by atoms with Crippen LogP contribution in [0.25, 0.3) is 65.6 Å². The highest BCUT2D eigenvalue weighted by Crippen LogP contribution is 2.49. The molecule has 0 aliphatic carbocycles. The second kappa shape index (κ2) is 12.0. The minimum absolute atomic E-state index is 0.114. The van der Waals surface area contributed by atoms with Crippen molar-refractivity contribution >= 4 is 54.5 Å². The fraction of sp³-hybridized carbons (Fsp3) is 0.167. The molecule has 51 heavy (non-hydrogen) atoms. The summed E-state index contributed by atoms with van der Waals surface area (Å²) in [6.45, 7) is 4.90. The van der Waals surface area contributed by atoms with E-state index in [-0.39, 0.29) is 12.1 Å². The van der Waals surface area contributed by atoms with Gasteiger partial charge in [-0.15, -0.1) is 0 Å². The van der Waals surface area contributed by atoms with E-state index in [0.717, 1.165) is 17.6 Å². The van der Waals surface area contributed by atoms with Gasteiger partial charge in [-0.2, -0.15) is 0 Å². The van der Waals surface area contributed by atoms with Crippen LogP contribution in [0.1, 0.15) is 55.0 Å². The van der Waals surface area contributed by atoms with Gasteiger partial charge in [0, 0.05) is 44.7 Å². The number of rotatable bonds is 4. The van der Waals surface area contributed by atoms with Crippen molar-refractivity contribution in [1.82, 2.24) is 10.3 Å². The van der Waals surface area contributed by atoms with Gasteiger partial charge in [0.15, 0.2) is 0 Å². The molecule has 3 heterocycles. The number of aromatic amines is 1. The molecule has 0 spiro atoms. The van der Waals surface area contributed by atoms with E-state index in [1.807, 2.05) is 6.07 Å². The molecule has 1 fully saturated rings. The topological polar surface area (TPSA) is 41.0 Å². The lowest BCUT2D eigenvalue weighted by Gasteiger charge is -2.31. The van der Waals surface area contributed by atoms with Crippen LogP contribution < -0.4 is 5.32 Å². The third-order valence-electron chi connectivity index (χ3n) is 11.8. The van der Waals surface area contributed by atoms with E-state index in [9.17, 15) is 0 Å². The predicted octanol–water partition coefficient (Wildman–Crippen LogP) is 12.9. The summed E-state index contributed by atoms with van der Waals surface area (Å²) in [6, 6.07) is 55.8. The largest absolute Gasteiger partial charge is 0.456 e. The number of furan rings is 1. The van der Waals surface area contributed by atoms with Gasteiger partial charge < -0.3 is 14.7 Å². The van der Waals surface area contributed by atoms with Crippen molar-refractivity contribution in [2.45, 2.75) is 38.3 Å². The average molecular weight is 661 g/mol. The Balaban J connectivity index is 1.16. The number of hydrogen-bond acceptors (Lipinski definition) is 2. The first-order chi connectivity index (χ1) is 25.1. The third-order valence-corrected chi connectivity index (χ3v) is 11.8. The maximum atomic E-state index is 6.44. The first-order valence-electron chi connectivity index (χ1n) is 18.4. The third kappa shape index (κ3) is 4.99. The van der Waals surface area contributed by atoms with Crippen molar-refractivity contribution < 1.29 is 4.42 Å². The number of hydrogen-bond donors (Lipinski definition) is 2. The van der Waals surface area contributed by atoms with E-state index in [1.165, 1.54) is 71.2 Å². The van der Waals surface area contributed by atoms with E-state index in [4.69, 9.17) is 4.42 Å². The number of H-pyrrole nitrogens is 1.